The van der Waals surface area contributed by atoms with Crippen LogP contribution >= 0.6 is 0 Å². The van der Waals surface area contributed by atoms with E-state index in [9.17, 15) is 4.39 Å². The van der Waals surface area contributed by atoms with Crippen molar-refractivity contribution in [3.8, 4) is 23.1 Å². The van der Waals surface area contributed by atoms with E-state index < -0.39 is 5.82 Å². The van der Waals surface area contributed by atoms with Crippen molar-refractivity contribution in [2.45, 2.75) is 0 Å². The predicted octanol–water partition coefficient (Wildman–Crippen LogP) is 1.85. The minimum Gasteiger partial charge on any atom is -0.398 e. The zero-order valence-electron chi connectivity index (χ0n) is 9.09. The molecule has 0 aliphatic rings. The summed E-state index contributed by atoms with van der Waals surface area (Å²) in [6.45, 7) is 0. The molecule has 18 heavy (non-hydrogen) atoms. The van der Waals surface area contributed by atoms with Crippen LogP contribution in [0.4, 0.5) is 10.1 Å². The summed E-state index contributed by atoms with van der Waals surface area (Å²) < 4.78 is 18.0. The molecule has 2 aromatic heterocycles. The van der Waals surface area contributed by atoms with Crippen molar-refractivity contribution < 1.29 is 8.91 Å². The summed E-state index contributed by atoms with van der Waals surface area (Å²) in [5.74, 6) is 0.616. The van der Waals surface area contributed by atoms with Crippen molar-refractivity contribution in [2.24, 2.45) is 0 Å². The highest BCUT2D eigenvalue weighted by Gasteiger charge is 2.14. The summed E-state index contributed by atoms with van der Waals surface area (Å²) in [5, 5.41) is 3.77. The summed E-state index contributed by atoms with van der Waals surface area (Å²) in [6, 6.07) is 3.97. The monoisotopic (exact) mass is 245 g/mol. The highest BCUT2D eigenvalue weighted by Crippen LogP contribution is 2.26. The Bertz CT molecular complexity index is 677. The van der Waals surface area contributed by atoms with Gasteiger partial charge in [-0.05, 0) is 18.2 Å². The van der Waals surface area contributed by atoms with E-state index in [1.54, 1.807) is 12.4 Å². The molecule has 0 spiro atoms. The van der Waals surface area contributed by atoms with Crippen LogP contribution in [-0.4, -0.2) is 20.1 Å². The van der Waals surface area contributed by atoms with Crippen LogP contribution in [-0.2, 0) is 0 Å². The van der Waals surface area contributed by atoms with Crippen molar-refractivity contribution in [3.63, 3.8) is 0 Å². The number of benzene rings is 1. The summed E-state index contributed by atoms with van der Waals surface area (Å²) in [6.07, 6.45) is 3.23. The minimum absolute atomic E-state index is 0.221. The maximum atomic E-state index is 12.9. The summed E-state index contributed by atoms with van der Waals surface area (Å²) in [5.41, 5.74) is 6.42. The van der Waals surface area contributed by atoms with E-state index >= 15 is 0 Å². The minimum atomic E-state index is -0.415. The number of rotatable bonds is 2. The second kappa shape index (κ2) is 3.95. The lowest BCUT2D eigenvalue weighted by atomic mass is 10.2. The second-order valence-corrected chi connectivity index (χ2v) is 3.59. The maximum Gasteiger partial charge on any atom is 0.260 e. The van der Waals surface area contributed by atoms with Gasteiger partial charge in [0.25, 0.3) is 5.89 Å². The molecule has 0 radical (unpaired) electrons. The Kier molecular flexibility index (Phi) is 2.30. The Balaban J connectivity index is 2.03. The van der Waals surface area contributed by atoms with Crippen molar-refractivity contribution in [1.82, 2.24) is 20.1 Å². The van der Waals surface area contributed by atoms with Crippen LogP contribution in [0.5, 0.6) is 0 Å². The van der Waals surface area contributed by atoms with Gasteiger partial charge in [-0.2, -0.15) is 4.98 Å². The summed E-state index contributed by atoms with van der Waals surface area (Å²) in [4.78, 5) is 11.0. The van der Waals surface area contributed by atoms with Crippen LogP contribution in [0.3, 0.4) is 0 Å². The molecule has 3 aromatic rings. The molecule has 90 valence electrons. The number of halogens is 1. The van der Waals surface area contributed by atoms with E-state index in [2.05, 4.69) is 20.1 Å². The Morgan fingerprint density at radius 1 is 1.33 bits per heavy atom. The zero-order chi connectivity index (χ0) is 12.5. The molecule has 1 aromatic carbocycles. The van der Waals surface area contributed by atoms with Gasteiger partial charge in [0.2, 0.25) is 5.82 Å². The van der Waals surface area contributed by atoms with Crippen LogP contribution in [0, 0.1) is 5.82 Å². The number of anilines is 1. The zero-order valence-corrected chi connectivity index (χ0v) is 9.09. The average molecular weight is 245 g/mol. The Hall–Kier alpha value is -2.70. The maximum absolute atomic E-state index is 12.9. The van der Waals surface area contributed by atoms with Gasteiger partial charge in [-0.15, -0.1) is 0 Å². The molecule has 0 aliphatic carbocycles. The Morgan fingerprint density at radius 3 is 2.94 bits per heavy atom. The van der Waals surface area contributed by atoms with Crippen molar-refractivity contribution in [1.29, 1.82) is 0 Å². The number of hydrogen-bond donors (Lipinski definition) is 2. The summed E-state index contributed by atoms with van der Waals surface area (Å²) >= 11 is 0. The predicted molar refractivity (Wildman–Crippen MR) is 61.7 cm³/mol. The highest BCUT2D eigenvalue weighted by molar-refractivity contribution is 5.70. The lowest BCUT2D eigenvalue weighted by molar-refractivity contribution is 0.432. The third-order valence-corrected chi connectivity index (χ3v) is 2.38. The highest BCUT2D eigenvalue weighted by atomic mass is 19.1. The van der Waals surface area contributed by atoms with Gasteiger partial charge in [-0.3, -0.25) is 0 Å². The molecule has 6 nitrogen and oxygen atoms in total. The van der Waals surface area contributed by atoms with Gasteiger partial charge in [-0.1, -0.05) is 5.16 Å². The molecule has 0 unspecified atom stereocenters. The standard InChI is InChI=1S/C11H8FN5O/c12-6-1-2-7(8(13)5-6)11-16-10(17-18-11)9-14-3-4-15-9/h1-5H,13H2,(H,14,15). The van der Waals surface area contributed by atoms with Gasteiger partial charge >= 0.3 is 0 Å². The lowest BCUT2D eigenvalue weighted by Crippen LogP contribution is -1.91. The second-order valence-electron chi connectivity index (χ2n) is 3.59. The number of aromatic nitrogens is 4. The molecule has 0 saturated heterocycles. The molecule has 7 heteroatoms. The number of nitrogen functional groups attached to an aromatic ring is 1. The summed E-state index contributed by atoms with van der Waals surface area (Å²) in [7, 11) is 0. The van der Waals surface area contributed by atoms with Crippen molar-refractivity contribution in [3.05, 3.63) is 36.4 Å². The first-order valence-electron chi connectivity index (χ1n) is 5.13. The number of aromatic amines is 1. The van der Waals surface area contributed by atoms with E-state index in [1.165, 1.54) is 18.2 Å². The number of nitrogens with two attached hydrogens (primary N) is 1. The van der Waals surface area contributed by atoms with Gasteiger partial charge in [0.05, 0.1) is 5.56 Å². The van der Waals surface area contributed by atoms with Crippen LogP contribution < -0.4 is 5.73 Å². The van der Waals surface area contributed by atoms with E-state index in [-0.39, 0.29) is 11.6 Å². The third kappa shape index (κ3) is 1.71. The first kappa shape index (κ1) is 10.5. The molecule has 0 saturated carbocycles. The normalized spacial score (nSPS) is 10.7. The third-order valence-electron chi connectivity index (χ3n) is 2.38. The average Bonchev–Trinajstić information content (AvgIpc) is 2.99. The largest absolute Gasteiger partial charge is 0.398 e. The molecule has 0 atom stereocenters. The fraction of sp³-hybridized carbons (Fsp3) is 0. The topological polar surface area (TPSA) is 93.6 Å². The van der Waals surface area contributed by atoms with Crippen LogP contribution in [0.1, 0.15) is 0 Å². The van der Waals surface area contributed by atoms with Gasteiger partial charge in [0.15, 0.2) is 5.82 Å². The first-order valence-corrected chi connectivity index (χ1v) is 5.13. The van der Waals surface area contributed by atoms with Gasteiger partial charge < -0.3 is 15.2 Å². The Morgan fingerprint density at radius 2 is 2.22 bits per heavy atom. The number of H-pyrrole nitrogens is 1. The molecular formula is C11H8FN5O. The van der Waals surface area contributed by atoms with E-state index in [1.807, 2.05) is 0 Å². The SMILES string of the molecule is Nc1cc(F)ccc1-c1nc(-c2ncc[nH]2)no1. The molecule has 0 aliphatic heterocycles. The van der Waals surface area contributed by atoms with E-state index in [0.29, 0.717) is 17.2 Å². The molecule has 3 rings (SSSR count). The van der Waals surface area contributed by atoms with Crippen LogP contribution in [0.25, 0.3) is 23.1 Å². The molecule has 0 amide bonds. The quantitative estimate of drug-likeness (QED) is 0.672. The molecule has 0 fully saturated rings. The number of hydrogen-bond acceptors (Lipinski definition) is 5. The fourth-order valence-electron chi connectivity index (χ4n) is 1.54. The van der Waals surface area contributed by atoms with E-state index in [4.69, 9.17) is 10.3 Å². The van der Waals surface area contributed by atoms with Gasteiger partial charge in [-0.25, -0.2) is 9.37 Å². The number of nitrogens with zero attached hydrogens (tertiary/aromatic N) is 3. The Labute approximate surface area is 101 Å². The lowest BCUT2D eigenvalue weighted by Gasteiger charge is -1.99. The molecular weight excluding hydrogens is 237 g/mol. The smallest absolute Gasteiger partial charge is 0.260 e. The van der Waals surface area contributed by atoms with E-state index in [0.717, 1.165) is 0 Å². The first-order chi connectivity index (χ1) is 8.74. The van der Waals surface area contributed by atoms with Crippen LogP contribution in [0.15, 0.2) is 35.1 Å². The molecule has 0 bridgehead atoms. The van der Waals surface area contributed by atoms with Gasteiger partial charge in [0, 0.05) is 18.1 Å². The van der Waals surface area contributed by atoms with Crippen molar-refractivity contribution >= 4 is 5.69 Å². The number of nitrogens with one attached hydrogen (secondary N) is 1. The number of imidazole rings is 1. The van der Waals surface area contributed by atoms with Crippen LogP contribution in [0.2, 0.25) is 0 Å². The fourth-order valence-corrected chi connectivity index (χ4v) is 1.54. The van der Waals surface area contributed by atoms with Gasteiger partial charge in [0.1, 0.15) is 5.82 Å². The molecule has 3 N–H and O–H groups in total. The molecule has 2 heterocycles. The van der Waals surface area contributed by atoms with Crippen molar-refractivity contribution in [2.75, 3.05) is 5.73 Å².